The predicted octanol–water partition coefficient (Wildman–Crippen LogP) is 4.32. The van der Waals surface area contributed by atoms with E-state index in [1.54, 1.807) is 48.5 Å². The summed E-state index contributed by atoms with van der Waals surface area (Å²) < 4.78 is 0. The van der Waals surface area contributed by atoms with Crippen LogP contribution in [0.15, 0.2) is 72.8 Å². The lowest BCUT2D eigenvalue weighted by atomic mass is 10.1. The number of nitrogens with one attached hydrogen (secondary N) is 2. The number of anilines is 4. The molecule has 154 valence electrons. The van der Waals surface area contributed by atoms with E-state index < -0.39 is 0 Å². The van der Waals surface area contributed by atoms with E-state index in [0.29, 0.717) is 22.5 Å². The number of rotatable bonds is 6. The van der Waals surface area contributed by atoms with Crippen LogP contribution in [-0.2, 0) is 0 Å². The molecule has 2 amide bonds. The lowest BCUT2D eigenvalue weighted by Gasteiger charge is -2.13. The van der Waals surface area contributed by atoms with E-state index in [4.69, 9.17) is 0 Å². The lowest BCUT2D eigenvalue weighted by molar-refractivity contribution is 0.101. The molecule has 0 spiro atoms. The van der Waals surface area contributed by atoms with Crippen LogP contribution in [0.2, 0.25) is 0 Å². The van der Waals surface area contributed by atoms with Crippen molar-refractivity contribution in [2.75, 3.05) is 48.6 Å². The highest BCUT2D eigenvalue weighted by Gasteiger charge is 2.09. The van der Waals surface area contributed by atoms with Gasteiger partial charge in [-0.05, 0) is 72.8 Å². The normalized spacial score (nSPS) is 10.3. The number of benzene rings is 3. The Hall–Kier alpha value is -3.80. The Balaban J connectivity index is 1.60. The van der Waals surface area contributed by atoms with E-state index in [1.807, 2.05) is 62.3 Å². The number of hydrogen-bond donors (Lipinski definition) is 2. The average Bonchev–Trinajstić information content (AvgIpc) is 2.75. The highest BCUT2D eigenvalue weighted by atomic mass is 16.2. The van der Waals surface area contributed by atoms with E-state index in [-0.39, 0.29) is 11.8 Å². The molecular formula is C24H26N4O2. The molecule has 3 rings (SSSR count). The Kier molecular flexibility index (Phi) is 6.37. The van der Waals surface area contributed by atoms with Crippen LogP contribution in [-0.4, -0.2) is 40.0 Å². The van der Waals surface area contributed by atoms with Crippen molar-refractivity contribution in [3.63, 3.8) is 0 Å². The fourth-order valence-corrected chi connectivity index (χ4v) is 2.87. The van der Waals surface area contributed by atoms with Crippen LogP contribution >= 0.6 is 0 Å². The Labute approximate surface area is 177 Å². The number of carbonyl (C=O) groups is 2. The molecule has 3 aromatic rings. The molecular weight excluding hydrogens is 376 g/mol. The van der Waals surface area contributed by atoms with E-state index in [2.05, 4.69) is 10.6 Å². The number of hydrogen-bond acceptors (Lipinski definition) is 4. The van der Waals surface area contributed by atoms with E-state index in [0.717, 1.165) is 11.4 Å². The van der Waals surface area contributed by atoms with Gasteiger partial charge in [-0.3, -0.25) is 9.59 Å². The standard InChI is InChI=1S/C24H26N4O2/c1-27(2)21-13-5-17(6-14-21)23(29)25-19-9-11-20(12-10-19)26-24(30)18-7-15-22(16-8-18)28(3)4/h5-16H,1-4H3,(H,25,29)(H,26,30). The molecule has 0 aliphatic carbocycles. The Morgan fingerprint density at radius 3 is 1.10 bits per heavy atom. The Bertz CT molecular complexity index is 924. The molecule has 0 atom stereocenters. The number of amides is 2. The van der Waals surface area contributed by atoms with Crippen LogP contribution in [0.5, 0.6) is 0 Å². The summed E-state index contributed by atoms with van der Waals surface area (Å²) in [6.07, 6.45) is 0. The van der Waals surface area contributed by atoms with Gasteiger partial charge in [0.2, 0.25) is 0 Å². The molecule has 0 fully saturated rings. The van der Waals surface area contributed by atoms with Crippen molar-refractivity contribution < 1.29 is 9.59 Å². The summed E-state index contributed by atoms with van der Waals surface area (Å²) >= 11 is 0. The summed E-state index contributed by atoms with van der Waals surface area (Å²) in [4.78, 5) is 28.8. The second kappa shape index (κ2) is 9.13. The number of nitrogens with zero attached hydrogens (tertiary/aromatic N) is 2. The van der Waals surface area contributed by atoms with E-state index in [9.17, 15) is 9.59 Å². The van der Waals surface area contributed by atoms with Crippen LogP contribution in [0.1, 0.15) is 20.7 Å². The van der Waals surface area contributed by atoms with Gasteiger partial charge < -0.3 is 20.4 Å². The maximum absolute atomic E-state index is 12.4. The summed E-state index contributed by atoms with van der Waals surface area (Å²) in [5, 5.41) is 5.73. The first-order valence-electron chi connectivity index (χ1n) is 9.61. The second-order valence-corrected chi connectivity index (χ2v) is 7.37. The van der Waals surface area contributed by atoms with Crippen molar-refractivity contribution >= 4 is 34.6 Å². The zero-order chi connectivity index (χ0) is 21.7. The van der Waals surface area contributed by atoms with Crippen molar-refractivity contribution in [2.45, 2.75) is 0 Å². The third kappa shape index (κ3) is 5.17. The third-order valence-corrected chi connectivity index (χ3v) is 4.69. The number of carbonyl (C=O) groups excluding carboxylic acids is 2. The largest absolute Gasteiger partial charge is 0.378 e. The van der Waals surface area contributed by atoms with Crippen LogP contribution in [0.3, 0.4) is 0 Å². The molecule has 0 aliphatic heterocycles. The first-order valence-corrected chi connectivity index (χ1v) is 9.61. The topological polar surface area (TPSA) is 64.7 Å². The second-order valence-electron chi connectivity index (χ2n) is 7.37. The van der Waals surface area contributed by atoms with Crippen molar-refractivity contribution in [1.82, 2.24) is 0 Å². The highest BCUT2D eigenvalue weighted by molar-refractivity contribution is 6.06. The molecule has 3 aromatic carbocycles. The quantitative estimate of drug-likeness (QED) is 0.644. The molecule has 0 aromatic heterocycles. The van der Waals surface area contributed by atoms with Gasteiger partial charge in [0.1, 0.15) is 0 Å². The molecule has 6 nitrogen and oxygen atoms in total. The fourth-order valence-electron chi connectivity index (χ4n) is 2.87. The first-order chi connectivity index (χ1) is 14.3. The lowest BCUT2D eigenvalue weighted by Crippen LogP contribution is -2.14. The van der Waals surface area contributed by atoms with E-state index in [1.165, 1.54) is 0 Å². The van der Waals surface area contributed by atoms with Crippen molar-refractivity contribution in [3.05, 3.63) is 83.9 Å². The molecule has 0 bridgehead atoms. The zero-order valence-electron chi connectivity index (χ0n) is 17.6. The molecule has 0 radical (unpaired) electrons. The summed E-state index contributed by atoms with van der Waals surface area (Å²) in [6.45, 7) is 0. The van der Waals surface area contributed by atoms with Gasteiger partial charge in [0.15, 0.2) is 0 Å². The molecule has 30 heavy (non-hydrogen) atoms. The molecule has 2 N–H and O–H groups in total. The molecule has 0 unspecified atom stereocenters. The summed E-state index contributed by atoms with van der Waals surface area (Å²) in [6, 6.07) is 21.8. The third-order valence-electron chi connectivity index (χ3n) is 4.69. The smallest absolute Gasteiger partial charge is 0.255 e. The summed E-state index contributed by atoms with van der Waals surface area (Å²) in [7, 11) is 7.81. The molecule has 0 saturated carbocycles. The minimum absolute atomic E-state index is 0.182. The van der Waals surface area contributed by atoms with Crippen molar-refractivity contribution in [3.8, 4) is 0 Å². The predicted molar refractivity (Wildman–Crippen MR) is 124 cm³/mol. The Morgan fingerprint density at radius 2 is 0.833 bits per heavy atom. The van der Waals surface area contributed by atoms with Gasteiger partial charge in [0.05, 0.1) is 0 Å². The van der Waals surface area contributed by atoms with Crippen molar-refractivity contribution in [2.24, 2.45) is 0 Å². The molecule has 0 saturated heterocycles. The van der Waals surface area contributed by atoms with Crippen LogP contribution in [0.4, 0.5) is 22.7 Å². The first kappa shape index (κ1) is 20.9. The van der Waals surface area contributed by atoms with Gasteiger partial charge in [0.25, 0.3) is 11.8 Å². The van der Waals surface area contributed by atoms with Gasteiger partial charge in [-0.2, -0.15) is 0 Å². The highest BCUT2D eigenvalue weighted by Crippen LogP contribution is 2.18. The van der Waals surface area contributed by atoms with Crippen LogP contribution in [0.25, 0.3) is 0 Å². The van der Waals surface area contributed by atoms with Gasteiger partial charge >= 0.3 is 0 Å². The maximum Gasteiger partial charge on any atom is 0.255 e. The molecule has 6 heteroatoms. The van der Waals surface area contributed by atoms with Gasteiger partial charge in [-0.25, -0.2) is 0 Å². The minimum Gasteiger partial charge on any atom is -0.378 e. The SMILES string of the molecule is CN(C)c1ccc(C(=O)Nc2ccc(NC(=O)c3ccc(N(C)C)cc3)cc2)cc1. The van der Waals surface area contributed by atoms with Gasteiger partial charge in [0, 0.05) is 62.1 Å². The monoisotopic (exact) mass is 402 g/mol. The molecule has 0 heterocycles. The Morgan fingerprint density at radius 1 is 0.533 bits per heavy atom. The fraction of sp³-hybridized carbons (Fsp3) is 0.167. The average molecular weight is 402 g/mol. The molecule has 0 aliphatic rings. The maximum atomic E-state index is 12.4. The van der Waals surface area contributed by atoms with E-state index >= 15 is 0 Å². The zero-order valence-corrected chi connectivity index (χ0v) is 17.6. The van der Waals surface area contributed by atoms with Gasteiger partial charge in [-0.15, -0.1) is 0 Å². The van der Waals surface area contributed by atoms with Crippen LogP contribution in [0, 0.1) is 0 Å². The summed E-state index contributed by atoms with van der Waals surface area (Å²) in [5.74, 6) is -0.365. The van der Waals surface area contributed by atoms with Crippen LogP contribution < -0.4 is 20.4 Å². The van der Waals surface area contributed by atoms with Crippen molar-refractivity contribution in [1.29, 1.82) is 0 Å². The van der Waals surface area contributed by atoms with Gasteiger partial charge in [-0.1, -0.05) is 0 Å². The minimum atomic E-state index is -0.182. The summed E-state index contributed by atoms with van der Waals surface area (Å²) in [5.41, 5.74) is 4.54.